The first-order chi connectivity index (χ1) is 7.12. The number of rotatable bonds is 6. The molecule has 1 atom stereocenters. The second-order valence-electron chi connectivity index (χ2n) is 5.34. The first-order valence-corrected chi connectivity index (χ1v) is 5.89. The Morgan fingerprint density at radius 2 is 1.81 bits per heavy atom. The van der Waals surface area contributed by atoms with Gasteiger partial charge in [0.2, 0.25) is 5.91 Å². The molecule has 0 aliphatic heterocycles. The maximum Gasteiger partial charge on any atom is 0.236 e. The maximum atomic E-state index is 11.7. The minimum atomic E-state index is -0.883. The molecule has 1 amide bonds. The Bertz CT molecular complexity index is 232. The van der Waals surface area contributed by atoms with Gasteiger partial charge in [-0.3, -0.25) is 10.1 Å². The smallest absolute Gasteiger partial charge is 0.236 e. The van der Waals surface area contributed by atoms with Crippen molar-refractivity contribution in [1.29, 1.82) is 0 Å². The van der Waals surface area contributed by atoms with E-state index in [4.69, 9.17) is 0 Å². The third-order valence-electron chi connectivity index (χ3n) is 3.05. The fourth-order valence-corrected chi connectivity index (χ4v) is 1.18. The van der Waals surface area contributed by atoms with E-state index in [0.717, 1.165) is 6.42 Å². The van der Waals surface area contributed by atoms with Gasteiger partial charge in [-0.25, -0.2) is 0 Å². The predicted molar refractivity (Wildman–Crippen MR) is 66.3 cm³/mol. The van der Waals surface area contributed by atoms with Gasteiger partial charge in [0.05, 0.1) is 11.6 Å². The van der Waals surface area contributed by atoms with Crippen molar-refractivity contribution < 1.29 is 9.90 Å². The van der Waals surface area contributed by atoms with Gasteiger partial charge in [-0.2, -0.15) is 0 Å². The van der Waals surface area contributed by atoms with Crippen LogP contribution in [0.15, 0.2) is 0 Å². The van der Waals surface area contributed by atoms with E-state index in [1.165, 1.54) is 0 Å². The topological polar surface area (TPSA) is 61.4 Å². The zero-order valence-corrected chi connectivity index (χ0v) is 11.3. The quantitative estimate of drug-likeness (QED) is 0.639. The van der Waals surface area contributed by atoms with Gasteiger partial charge in [0, 0.05) is 12.1 Å². The number of hydrogen-bond donors (Lipinski definition) is 3. The van der Waals surface area contributed by atoms with Crippen molar-refractivity contribution in [3.05, 3.63) is 0 Å². The fourth-order valence-electron chi connectivity index (χ4n) is 1.18. The Kier molecular flexibility index (Phi) is 5.42. The molecule has 0 aliphatic carbocycles. The average Bonchev–Trinajstić information content (AvgIpc) is 2.11. The van der Waals surface area contributed by atoms with Crippen LogP contribution in [0, 0.1) is 0 Å². The van der Waals surface area contributed by atoms with Gasteiger partial charge >= 0.3 is 0 Å². The number of carbonyl (C=O) groups excluding carboxylic acids is 1. The Hall–Kier alpha value is -0.610. The van der Waals surface area contributed by atoms with Crippen molar-refractivity contribution in [2.45, 2.75) is 65.1 Å². The van der Waals surface area contributed by atoms with Crippen LogP contribution in [-0.4, -0.2) is 34.7 Å². The maximum absolute atomic E-state index is 11.7. The molecule has 0 rings (SSSR count). The Morgan fingerprint density at radius 1 is 1.31 bits per heavy atom. The summed E-state index contributed by atoms with van der Waals surface area (Å²) in [5.74, 6) is -0.0285. The monoisotopic (exact) mass is 230 g/mol. The third-order valence-corrected chi connectivity index (χ3v) is 3.05. The van der Waals surface area contributed by atoms with Gasteiger partial charge in [-0.1, -0.05) is 6.92 Å². The molecule has 0 aliphatic rings. The summed E-state index contributed by atoms with van der Waals surface area (Å²) in [6.07, 6.45) is 0.924. The molecule has 0 saturated heterocycles. The van der Waals surface area contributed by atoms with Crippen LogP contribution in [0.5, 0.6) is 0 Å². The van der Waals surface area contributed by atoms with Gasteiger partial charge in [-0.15, -0.1) is 0 Å². The van der Waals surface area contributed by atoms with Gasteiger partial charge in [-0.05, 0) is 41.0 Å². The molecule has 96 valence electrons. The molecule has 0 aromatic carbocycles. The van der Waals surface area contributed by atoms with Gasteiger partial charge in [0.15, 0.2) is 0 Å². The van der Waals surface area contributed by atoms with Crippen molar-refractivity contribution in [2.24, 2.45) is 0 Å². The number of hydrogen-bond acceptors (Lipinski definition) is 3. The summed E-state index contributed by atoms with van der Waals surface area (Å²) in [6, 6.07) is -0.312. The standard InChI is InChI=1S/C12H26N2O2/c1-7-8-13-10(15)9(2)14-11(3,4)12(5,6)16/h9,14,16H,7-8H2,1-6H3,(H,13,15). The minimum absolute atomic E-state index is 0.0285. The summed E-state index contributed by atoms with van der Waals surface area (Å²) in [5.41, 5.74) is -1.40. The largest absolute Gasteiger partial charge is 0.389 e. The molecular formula is C12H26N2O2. The van der Waals surface area contributed by atoms with Crippen LogP contribution >= 0.6 is 0 Å². The predicted octanol–water partition coefficient (Wildman–Crippen LogP) is 1.04. The zero-order chi connectivity index (χ0) is 13.0. The lowest BCUT2D eigenvalue weighted by Crippen LogP contribution is -2.61. The van der Waals surface area contributed by atoms with Crippen molar-refractivity contribution in [2.75, 3.05) is 6.54 Å². The van der Waals surface area contributed by atoms with Crippen LogP contribution in [0.4, 0.5) is 0 Å². The summed E-state index contributed by atoms with van der Waals surface area (Å²) in [4.78, 5) is 11.7. The summed E-state index contributed by atoms with van der Waals surface area (Å²) >= 11 is 0. The van der Waals surface area contributed by atoms with E-state index in [9.17, 15) is 9.90 Å². The summed E-state index contributed by atoms with van der Waals surface area (Å²) in [6.45, 7) is 11.7. The summed E-state index contributed by atoms with van der Waals surface area (Å²) < 4.78 is 0. The number of amides is 1. The highest BCUT2D eigenvalue weighted by Crippen LogP contribution is 2.20. The molecular weight excluding hydrogens is 204 g/mol. The van der Waals surface area contributed by atoms with E-state index in [0.29, 0.717) is 6.54 Å². The molecule has 0 aromatic rings. The highest BCUT2D eigenvalue weighted by Gasteiger charge is 2.36. The van der Waals surface area contributed by atoms with Gasteiger partial charge < -0.3 is 10.4 Å². The summed E-state index contributed by atoms with van der Waals surface area (Å²) in [7, 11) is 0. The van der Waals surface area contributed by atoms with Crippen LogP contribution in [0.1, 0.15) is 48.0 Å². The molecule has 0 heterocycles. The Morgan fingerprint density at radius 3 is 2.19 bits per heavy atom. The Balaban J connectivity index is 4.33. The molecule has 4 nitrogen and oxygen atoms in total. The zero-order valence-electron chi connectivity index (χ0n) is 11.3. The minimum Gasteiger partial charge on any atom is -0.389 e. The molecule has 0 fully saturated rings. The van der Waals surface area contributed by atoms with E-state index in [1.54, 1.807) is 20.8 Å². The van der Waals surface area contributed by atoms with Crippen molar-refractivity contribution in [3.8, 4) is 0 Å². The molecule has 0 aromatic heterocycles. The number of carbonyl (C=O) groups is 1. The van der Waals surface area contributed by atoms with Crippen molar-refractivity contribution in [3.63, 3.8) is 0 Å². The molecule has 0 radical (unpaired) electrons. The number of nitrogens with one attached hydrogen (secondary N) is 2. The first-order valence-electron chi connectivity index (χ1n) is 5.89. The van der Waals surface area contributed by atoms with Crippen LogP contribution in [0.2, 0.25) is 0 Å². The molecule has 4 heteroatoms. The normalized spacial score (nSPS) is 14.7. The van der Waals surface area contributed by atoms with Gasteiger partial charge in [0.25, 0.3) is 0 Å². The molecule has 0 bridgehead atoms. The van der Waals surface area contributed by atoms with Crippen molar-refractivity contribution >= 4 is 5.91 Å². The highest BCUT2D eigenvalue weighted by atomic mass is 16.3. The summed E-state index contributed by atoms with van der Waals surface area (Å²) in [5, 5.41) is 15.9. The lowest BCUT2D eigenvalue weighted by Gasteiger charge is -2.40. The van der Waals surface area contributed by atoms with E-state index in [1.807, 2.05) is 20.8 Å². The second-order valence-corrected chi connectivity index (χ2v) is 5.34. The second kappa shape index (κ2) is 5.64. The highest BCUT2D eigenvalue weighted by molar-refractivity contribution is 5.81. The van der Waals surface area contributed by atoms with Crippen LogP contribution in [0.3, 0.4) is 0 Å². The van der Waals surface area contributed by atoms with Crippen LogP contribution < -0.4 is 10.6 Å². The van der Waals surface area contributed by atoms with Crippen LogP contribution in [0.25, 0.3) is 0 Å². The molecule has 0 spiro atoms. The van der Waals surface area contributed by atoms with Gasteiger partial charge in [0.1, 0.15) is 0 Å². The SMILES string of the molecule is CCCNC(=O)C(C)NC(C)(C)C(C)(C)O. The van der Waals surface area contributed by atoms with E-state index in [-0.39, 0.29) is 11.9 Å². The fraction of sp³-hybridized carbons (Fsp3) is 0.917. The molecule has 3 N–H and O–H groups in total. The number of aliphatic hydroxyl groups is 1. The van der Waals surface area contributed by atoms with Crippen molar-refractivity contribution in [1.82, 2.24) is 10.6 Å². The molecule has 0 saturated carbocycles. The van der Waals surface area contributed by atoms with E-state index >= 15 is 0 Å². The molecule has 16 heavy (non-hydrogen) atoms. The lowest BCUT2D eigenvalue weighted by molar-refractivity contribution is -0.124. The first kappa shape index (κ1) is 15.4. The van der Waals surface area contributed by atoms with E-state index in [2.05, 4.69) is 10.6 Å². The Labute approximate surface area is 98.8 Å². The average molecular weight is 230 g/mol. The van der Waals surface area contributed by atoms with E-state index < -0.39 is 11.1 Å². The molecule has 1 unspecified atom stereocenters. The third kappa shape index (κ3) is 4.49. The van der Waals surface area contributed by atoms with Crippen LogP contribution in [-0.2, 0) is 4.79 Å². The lowest BCUT2D eigenvalue weighted by atomic mass is 9.85.